The zero-order valence-corrected chi connectivity index (χ0v) is 7.10. The minimum atomic E-state index is 0.308. The lowest BCUT2D eigenvalue weighted by Crippen LogP contribution is -1.82. The molecule has 1 aliphatic rings. The van der Waals surface area contributed by atoms with Gasteiger partial charge in [0.1, 0.15) is 12.2 Å². The van der Waals surface area contributed by atoms with Crippen molar-refractivity contribution in [3.8, 4) is 0 Å². The summed E-state index contributed by atoms with van der Waals surface area (Å²) in [4.78, 5) is 0. The Morgan fingerprint density at radius 3 is 2.67 bits per heavy atom. The highest BCUT2D eigenvalue weighted by Crippen LogP contribution is 2.39. The van der Waals surface area contributed by atoms with Gasteiger partial charge in [-0.1, -0.05) is 42.5 Å². The molecule has 62 valence electrons. The smallest absolute Gasteiger partial charge is 0.113 e. The van der Waals surface area contributed by atoms with E-state index in [-0.39, 0.29) is 0 Å². The molecule has 0 radical (unpaired) electrons. The Morgan fingerprint density at radius 2 is 2.00 bits per heavy atom. The monoisotopic (exact) mass is 160 g/mol. The van der Waals surface area contributed by atoms with Crippen molar-refractivity contribution in [2.75, 3.05) is 0 Å². The molecule has 1 heterocycles. The molecule has 0 aliphatic carbocycles. The van der Waals surface area contributed by atoms with Gasteiger partial charge in [-0.2, -0.15) is 0 Å². The van der Waals surface area contributed by atoms with E-state index in [4.69, 9.17) is 4.74 Å². The van der Waals surface area contributed by atoms with Crippen LogP contribution in [0, 0.1) is 0 Å². The van der Waals surface area contributed by atoms with Crippen LogP contribution in [0.25, 0.3) is 0 Å². The minimum absolute atomic E-state index is 0.308. The highest BCUT2D eigenvalue weighted by molar-refractivity contribution is 5.24. The zero-order chi connectivity index (χ0) is 8.39. The molecule has 1 aliphatic heterocycles. The maximum atomic E-state index is 5.46. The molecule has 1 fully saturated rings. The summed E-state index contributed by atoms with van der Waals surface area (Å²) in [6.07, 6.45) is 4.76. The molecule has 0 aromatic heterocycles. The molecule has 0 bridgehead atoms. The molecule has 1 heteroatoms. The van der Waals surface area contributed by atoms with Crippen molar-refractivity contribution in [2.24, 2.45) is 0 Å². The van der Waals surface area contributed by atoms with Crippen LogP contribution in [0.15, 0.2) is 42.5 Å². The van der Waals surface area contributed by atoms with Crippen LogP contribution in [0.2, 0.25) is 0 Å². The lowest BCUT2D eigenvalue weighted by molar-refractivity contribution is 0.394. The van der Waals surface area contributed by atoms with Gasteiger partial charge in [0, 0.05) is 0 Å². The van der Waals surface area contributed by atoms with E-state index >= 15 is 0 Å². The summed E-state index contributed by atoms with van der Waals surface area (Å²) < 4.78 is 5.46. The Bertz CT molecular complexity index is 276. The van der Waals surface area contributed by atoms with Crippen LogP contribution in [-0.4, -0.2) is 6.10 Å². The number of epoxide rings is 1. The van der Waals surface area contributed by atoms with E-state index in [0.717, 1.165) is 0 Å². The van der Waals surface area contributed by atoms with Crippen molar-refractivity contribution in [2.45, 2.75) is 19.1 Å². The summed E-state index contributed by atoms with van der Waals surface area (Å²) in [5.74, 6) is 0. The maximum Gasteiger partial charge on any atom is 0.113 e. The second-order valence-corrected chi connectivity index (χ2v) is 2.96. The molecule has 12 heavy (non-hydrogen) atoms. The lowest BCUT2D eigenvalue weighted by Gasteiger charge is -1.91. The molecule has 0 N–H and O–H groups in total. The third-order valence-electron chi connectivity index (χ3n) is 2.04. The molecule has 1 nitrogen and oxygen atoms in total. The van der Waals surface area contributed by atoms with Gasteiger partial charge in [0.2, 0.25) is 0 Å². The summed E-state index contributed by atoms with van der Waals surface area (Å²) in [6.45, 7) is 2.02. The highest BCUT2D eigenvalue weighted by Gasteiger charge is 2.37. The van der Waals surface area contributed by atoms with Gasteiger partial charge >= 0.3 is 0 Å². The van der Waals surface area contributed by atoms with Crippen LogP contribution < -0.4 is 0 Å². The number of ether oxygens (including phenoxy) is 1. The van der Waals surface area contributed by atoms with E-state index in [0.29, 0.717) is 12.2 Å². The van der Waals surface area contributed by atoms with Crippen molar-refractivity contribution in [3.05, 3.63) is 48.0 Å². The third kappa shape index (κ3) is 1.41. The molecule has 1 aromatic rings. The van der Waals surface area contributed by atoms with Crippen molar-refractivity contribution in [1.82, 2.24) is 0 Å². The predicted molar refractivity (Wildman–Crippen MR) is 48.9 cm³/mol. The summed E-state index contributed by atoms with van der Waals surface area (Å²) in [6, 6.07) is 10.3. The van der Waals surface area contributed by atoms with Gasteiger partial charge in [0.05, 0.1) is 0 Å². The van der Waals surface area contributed by atoms with Gasteiger partial charge < -0.3 is 4.74 Å². The van der Waals surface area contributed by atoms with E-state index < -0.39 is 0 Å². The SMILES string of the molecule is C/C=C/[C@@H]1O[C@@H]1c1ccccc1. The second-order valence-electron chi connectivity index (χ2n) is 2.96. The molecule has 2 rings (SSSR count). The van der Waals surface area contributed by atoms with Crippen LogP contribution >= 0.6 is 0 Å². The van der Waals surface area contributed by atoms with Gasteiger partial charge in [0.15, 0.2) is 0 Å². The standard InChI is InChI=1S/C11H12O/c1-2-6-10-11(12-10)9-7-4-3-5-8-9/h2-8,10-11H,1H3/b6-2+/t10-,11+/m0/s1. The predicted octanol–water partition coefficient (Wildman–Crippen LogP) is 2.70. The molecular formula is C11H12O. The van der Waals surface area contributed by atoms with Gasteiger partial charge in [-0.05, 0) is 12.5 Å². The number of rotatable bonds is 2. The van der Waals surface area contributed by atoms with E-state index in [2.05, 4.69) is 18.2 Å². The molecule has 0 saturated carbocycles. The molecular weight excluding hydrogens is 148 g/mol. The number of allylic oxidation sites excluding steroid dienone is 1. The van der Waals surface area contributed by atoms with Gasteiger partial charge in [-0.15, -0.1) is 0 Å². The van der Waals surface area contributed by atoms with Crippen molar-refractivity contribution >= 4 is 0 Å². The van der Waals surface area contributed by atoms with Crippen LogP contribution in [0.4, 0.5) is 0 Å². The zero-order valence-electron chi connectivity index (χ0n) is 7.10. The van der Waals surface area contributed by atoms with Crippen LogP contribution in [-0.2, 0) is 4.74 Å². The number of hydrogen-bond acceptors (Lipinski definition) is 1. The van der Waals surface area contributed by atoms with Crippen molar-refractivity contribution in [3.63, 3.8) is 0 Å². The maximum absolute atomic E-state index is 5.46. The van der Waals surface area contributed by atoms with E-state index in [1.54, 1.807) is 0 Å². The van der Waals surface area contributed by atoms with E-state index in [1.807, 2.05) is 31.2 Å². The summed E-state index contributed by atoms with van der Waals surface area (Å²) in [5, 5.41) is 0. The summed E-state index contributed by atoms with van der Waals surface area (Å²) >= 11 is 0. The quantitative estimate of drug-likeness (QED) is 0.478. The van der Waals surface area contributed by atoms with E-state index in [9.17, 15) is 0 Å². The molecule has 0 unspecified atom stereocenters. The summed E-state index contributed by atoms with van der Waals surface area (Å²) in [7, 11) is 0. The Kier molecular flexibility index (Phi) is 1.96. The number of benzene rings is 1. The minimum Gasteiger partial charge on any atom is -0.360 e. The van der Waals surface area contributed by atoms with E-state index in [1.165, 1.54) is 5.56 Å². The Morgan fingerprint density at radius 1 is 1.25 bits per heavy atom. The first-order valence-electron chi connectivity index (χ1n) is 4.25. The van der Waals surface area contributed by atoms with Crippen molar-refractivity contribution in [1.29, 1.82) is 0 Å². The average Bonchev–Trinajstić information content (AvgIpc) is 2.87. The molecule has 1 aromatic carbocycles. The fraction of sp³-hybridized carbons (Fsp3) is 0.273. The molecule has 1 saturated heterocycles. The molecule has 0 amide bonds. The molecule has 2 atom stereocenters. The van der Waals surface area contributed by atoms with Gasteiger partial charge in [-0.25, -0.2) is 0 Å². The first-order valence-corrected chi connectivity index (χ1v) is 4.25. The average molecular weight is 160 g/mol. The first-order chi connectivity index (χ1) is 5.92. The van der Waals surface area contributed by atoms with Gasteiger partial charge in [0.25, 0.3) is 0 Å². The third-order valence-corrected chi connectivity index (χ3v) is 2.04. The molecule has 0 spiro atoms. The largest absolute Gasteiger partial charge is 0.360 e. The summed E-state index contributed by atoms with van der Waals surface area (Å²) in [5.41, 5.74) is 1.28. The Labute approximate surface area is 72.7 Å². The van der Waals surface area contributed by atoms with Crippen molar-refractivity contribution < 1.29 is 4.74 Å². The first kappa shape index (κ1) is 7.56. The normalized spacial score (nSPS) is 27.8. The van der Waals surface area contributed by atoms with Gasteiger partial charge in [-0.3, -0.25) is 0 Å². The fourth-order valence-electron chi connectivity index (χ4n) is 1.37. The van der Waals surface area contributed by atoms with Crippen LogP contribution in [0.5, 0.6) is 0 Å². The second kappa shape index (κ2) is 3.11. The fourth-order valence-corrected chi connectivity index (χ4v) is 1.37. The Balaban J connectivity index is 2.06. The van der Waals surface area contributed by atoms with Crippen LogP contribution in [0.3, 0.4) is 0 Å². The lowest BCUT2D eigenvalue weighted by atomic mass is 10.1. The van der Waals surface area contributed by atoms with Crippen LogP contribution in [0.1, 0.15) is 18.6 Å². The topological polar surface area (TPSA) is 12.5 Å². The Hall–Kier alpha value is -1.08. The number of hydrogen-bond donors (Lipinski definition) is 0. The highest BCUT2D eigenvalue weighted by atomic mass is 16.6.